The number of rotatable bonds is 3. The molecule has 2 aliphatic rings. The van der Waals surface area contributed by atoms with Gasteiger partial charge in [0.25, 0.3) is 0 Å². The maximum absolute atomic E-state index is 13.9. The Balaban J connectivity index is 1.56. The van der Waals surface area contributed by atoms with Crippen LogP contribution in [0, 0.1) is 17.6 Å². The number of hydrogen-bond acceptors (Lipinski definition) is 3. The van der Waals surface area contributed by atoms with E-state index in [1.165, 1.54) is 6.07 Å². The van der Waals surface area contributed by atoms with Gasteiger partial charge in [0.15, 0.2) is 11.6 Å². The Bertz CT molecular complexity index is 881. The third-order valence-electron chi connectivity index (χ3n) is 6.06. The Morgan fingerprint density at radius 1 is 1.07 bits per heavy atom. The number of benzene rings is 2. The van der Waals surface area contributed by atoms with E-state index in [9.17, 15) is 13.6 Å². The van der Waals surface area contributed by atoms with Crippen molar-refractivity contribution in [2.75, 3.05) is 33.3 Å². The molecular weight excluding hydrogens is 374 g/mol. The lowest BCUT2D eigenvalue weighted by Crippen LogP contribution is -2.42. The zero-order valence-corrected chi connectivity index (χ0v) is 16.6. The van der Waals surface area contributed by atoms with Crippen LogP contribution in [0.2, 0.25) is 0 Å². The van der Waals surface area contributed by atoms with E-state index in [4.69, 9.17) is 4.74 Å². The molecule has 0 radical (unpaired) electrons. The van der Waals surface area contributed by atoms with Gasteiger partial charge in [0, 0.05) is 6.54 Å². The molecule has 2 aromatic rings. The average Bonchev–Trinajstić information content (AvgIpc) is 2.74. The predicted molar refractivity (Wildman–Crippen MR) is 107 cm³/mol. The summed E-state index contributed by atoms with van der Waals surface area (Å²) in [6.07, 6.45) is 2.34. The minimum absolute atomic E-state index is 0.369. The molecule has 1 atom stereocenters. The molecule has 2 aliphatic heterocycles. The zero-order valence-electron chi connectivity index (χ0n) is 16.6. The molecule has 0 unspecified atom stereocenters. The third kappa shape index (κ3) is 4.27. The van der Waals surface area contributed by atoms with Gasteiger partial charge < -0.3 is 9.64 Å². The summed E-state index contributed by atoms with van der Waals surface area (Å²) in [4.78, 5) is 16.9. The average molecular weight is 400 g/mol. The molecule has 154 valence electrons. The van der Waals surface area contributed by atoms with Gasteiger partial charge in [0.2, 0.25) is 0 Å². The van der Waals surface area contributed by atoms with Gasteiger partial charge in [-0.25, -0.2) is 13.6 Å². The topological polar surface area (TPSA) is 32.8 Å². The number of hydrogen-bond donors (Lipinski definition) is 0. The van der Waals surface area contributed by atoms with Crippen LogP contribution in [0.25, 0.3) is 0 Å². The van der Waals surface area contributed by atoms with Crippen molar-refractivity contribution in [3.63, 3.8) is 0 Å². The van der Waals surface area contributed by atoms with Crippen molar-refractivity contribution in [2.24, 2.45) is 5.92 Å². The van der Waals surface area contributed by atoms with Crippen molar-refractivity contribution >= 4 is 6.09 Å². The zero-order chi connectivity index (χ0) is 20.4. The minimum Gasteiger partial charge on any atom is -0.449 e. The van der Waals surface area contributed by atoms with Gasteiger partial charge in [-0.1, -0.05) is 30.3 Å². The van der Waals surface area contributed by atoms with Gasteiger partial charge in [-0.2, -0.15) is 0 Å². The summed E-state index contributed by atoms with van der Waals surface area (Å²) in [6.45, 7) is 2.90. The molecule has 1 amide bonds. The van der Waals surface area contributed by atoms with Crippen molar-refractivity contribution in [3.05, 3.63) is 70.8 Å². The lowest BCUT2D eigenvalue weighted by Gasteiger charge is -2.37. The lowest BCUT2D eigenvalue weighted by atomic mass is 9.88. The van der Waals surface area contributed by atoms with E-state index in [2.05, 4.69) is 11.9 Å². The molecule has 29 heavy (non-hydrogen) atoms. The van der Waals surface area contributed by atoms with E-state index in [1.54, 1.807) is 11.0 Å². The summed E-state index contributed by atoms with van der Waals surface area (Å²) < 4.78 is 33.1. The van der Waals surface area contributed by atoms with E-state index in [-0.39, 0.29) is 0 Å². The highest BCUT2D eigenvalue weighted by atomic mass is 19.2. The molecule has 2 aromatic carbocycles. The van der Waals surface area contributed by atoms with Crippen molar-refractivity contribution in [1.82, 2.24) is 9.80 Å². The second-order valence-corrected chi connectivity index (χ2v) is 8.04. The van der Waals surface area contributed by atoms with Crippen LogP contribution < -0.4 is 0 Å². The first kappa shape index (κ1) is 19.8. The molecule has 0 aliphatic carbocycles. The molecule has 0 bridgehead atoms. The normalized spacial score (nSPS) is 20.4. The monoisotopic (exact) mass is 400 g/mol. The highest BCUT2D eigenvalue weighted by molar-refractivity contribution is 5.70. The molecule has 4 nitrogen and oxygen atoms in total. The second kappa shape index (κ2) is 8.49. The molecule has 1 fully saturated rings. The van der Waals surface area contributed by atoms with E-state index in [0.717, 1.165) is 43.1 Å². The quantitative estimate of drug-likeness (QED) is 0.766. The summed E-state index contributed by atoms with van der Waals surface area (Å²) in [5.41, 5.74) is 2.59. The fourth-order valence-corrected chi connectivity index (χ4v) is 4.31. The van der Waals surface area contributed by atoms with Crippen LogP contribution in [0.4, 0.5) is 13.6 Å². The second-order valence-electron chi connectivity index (χ2n) is 8.04. The minimum atomic E-state index is -0.912. The van der Waals surface area contributed by atoms with Gasteiger partial charge in [-0.15, -0.1) is 0 Å². The van der Waals surface area contributed by atoms with Gasteiger partial charge in [-0.3, -0.25) is 4.90 Å². The van der Waals surface area contributed by atoms with E-state index in [1.807, 2.05) is 24.3 Å². The summed E-state index contributed by atoms with van der Waals surface area (Å²) >= 11 is 0. The van der Waals surface area contributed by atoms with Crippen LogP contribution in [-0.2, 0) is 11.2 Å². The number of nitrogens with zero attached hydrogens (tertiary/aromatic N) is 2. The number of fused-ring (bicyclic) bond motifs is 1. The highest BCUT2D eigenvalue weighted by Crippen LogP contribution is 2.36. The van der Waals surface area contributed by atoms with Crippen LogP contribution in [-0.4, -0.2) is 49.2 Å². The summed E-state index contributed by atoms with van der Waals surface area (Å²) in [6, 6.07) is 11.2. The maximum Gasteiger partial charge on any atom is 0.410 e. The predicted octanol–water partition coefficient (Wildman–Crippen LogP) is 4.39. The standard InChI is InChI=1S/C23H26F2N2O2/c1-26-11-8-16(9-12-26)15-29-23(28)27-13-10-17-4-2-3-5-19(17)22(27)18-6-7-20(24)21(25)14-18/h2-7,14,16,22H,8-13,15H2,1H3/t22-/m0/s1. The SMILES string of the molecule is CN1CCC(COC(=O)N2CCc3ccccc3[C@@H]2c2ccc(F)c(F)c2)CC1. The smallest absolute Gasteiger partial charge is 0.410 e. The van der Waals surface area contributed by atoms with Crippen molar-refractivity contribution in [3.8, 4) is 0 Å². The summed E-state index contributed by atoms with van der Waals surface area (Å²) in [5.74, 6) is -1.44. The van der Waals surface area contributed by atoms with Crippen LogP contribution in [0.15, 0.2) is 42.5 Å². The number of amides is 1. The first-order valence-corrected chi connectivity index (χ1v) is 10.2. The largest absolute Gasteiger partial charge is 0.449 e. The van der Waals surface area contributed by atoms with Crippen LogP contribution >= 0.6 is 0 Å². The molecule has 0 N–H and O–H groups in total. The molecule has 0 aromatic heterocycles. The first-order chi connectivity index (χ1) is 14.0. The molecule has 1 saturated heterocycles. The number of halogens is 2. The fourth-order valence-electron chi connectivity index (χ4n) is 4.31. The van der Waals surface area contributed by atoms with E-state index >= 15 is 0 Å². The highest BCUT2D eigenvalue weighted by Gasteiger charge is 2.33. The Morgan fingerprint density at radius 3 is 2.59 bits per heavy atom. The summed E-state index contributed by atoms with van der Waals surface area (Å²) in [5, 5.41) is 0. The van der Waals surface area contributed by atoms with Crippen LogP contribution in [0.3, 0.4) is 0 Å². The fraction of sp³-hybridized carbons (Fsp3) is 0.435. The Kier molecular flexibility index (Phi) is 5.81. The van der Waals surface area contributed by atoms with Crippen LogP contribution in [0.5, 0.6) is 0 Å². The molecule has 4 rings (SSSR count). The number of piperidine rings is 1. The van der Waals surface area contributed by atoms with Gasteiger partial charge in [0.1, 0.15) is 0 Å². The van der Waals surface area contributed by atoms with Crippen LogP contribution in [0.1, 0.15) is 35.6 Å². The van der Waals surface area contributed by atoms with E-state index in [0.29, 0.717) is 31.1 Å². The molecule has 0 saturated carbocycles. The molecular formula is C23H26F2N2O2. The third-order valence-corrected chi connectivity index (χ3v) is 6.06. The maximum atomic E-state index is 13.9. The lowest BCUT2D eigenvalue weighted by molar-refractivity contribution is 0.0638. The van der Waals surface area contributed by atoms with Crippen molar-refractivity contribution in [2.45, 2.75) is 25.3 Å². The Hall–Kier alpha value is -2.47. The number of carbonyl (C=O) groups is 1. The Morgan fingerprint density at radius 2 is 1.83 bits per heavy atom. The number of ether oxygens (including phenoxy) is 1. The first-order valence-electron chi connectivity index (χ1n) is 10.2. The van der Waals surface area contributed by atoms with E-state index < -0.39 is 23.8 Å². The van der Waals surface area contributed by atoms with Gasteiger partial charge in [0.05, 0.1) is 12.6 Å². The molecule has 6 heteroatoms. The van der Waals surface area contributed by atoms with Crippen molar-refractivity contribution < 1.29 is 18.3 Å². The van der Waals surface area contributed by atoms with Crippen molar-refractivity contribution in [1.29, 1.82) is 0 Å². The Labute approximate surface area is 170 Å². The number of likely N-dealkylation sites (tertiary alicyclic amines) is 1. The molecule has 0 spiro atoms. The summed E-state index contributed by atoms with van der Waals surface area (Å²) in [7, 11) is 2.10. The van der Waals surface area contributed by atoms with Gasteiger partial charge in [-0.05, 0) is 74.1 Å². The number of carbonyl (C=O) groups excluding carboxylic acids is 1. The molecule has 2 heterocycles. The van der Waals surface area contributed by atoms with Gasteiger partial charge >= 0.3 is 6.09 Å².